The van der Waals surface area contributed by atoms with E-state index in [0.29, 0.717) is 24.5 Å². The minimum absolute atomic E-state index is 0.0803. The molecule has 1 aliphatic heterocycles. The fourth-order valence-corrected chi connectivity index (χ4v) is 3.96. The molecule has 0 bridgehead atoms. The molecule has 1 unspecified atom stereocenters. The number of carbonyl (C=O) groups excluding carboxylic acids is 1. The van der Waals surface area contributed by atoms with Gasteiger partial charge in [0.05, 0.1) is 16.7 Å². The van der Waals surface area contributed by atoms with Crippen molar-refractivity contribution in [1.82, 2.24) is 20.2 Å². The van der Waals surface area contributed by atoms with Crippen LogP contribution >= 0.6 is 0 Å². The first-order valence-corrected chi connectivity index (χ1v) is 8.66. The zero-order chi connectivity index (χ0) is 16.3. The fraction of sp³-hybridized carbons (Fsp3) is 0.529. The van der Waals surface area contributed by atoms with Gasteiger partial charge in [0.25, 0.3) is 0 Å². The monoisotopic (exact) mass is 327 g/mol. The zero-order valence-corrected chi connectivity index (χ0v) is 13.5. The average Bonchev–Trinajstić information content (AvgIpc) is 3.46. The fourth-order valence-electron chi connectivity index (χ4n) is 3.96. The van der Waals surface area contributed by atoms with E-state index in [-0.39, 0.29) is 11.7 Å². The number of anilines is 1. The highest BCUT2D eigenvalue weighted by Gasteiger charge is 2.63. The predicted octanol–water partition coefficient (Wildman–Crippen LogP) is 1.24. The Labute approximate surface area is 139 Å². The van der Waals surface area contributed by atoms with Crippen LogP contribution in [0.4, 0.5) is 10.5 Å². The summed E-state index contributed by atoms with van der Waals surface area (Å²) < 4.78 is 0. The Hall–Kier alpha value is -2.44. The molecule has 1 spiro atoms. The van der Waals surface area contributed by atoms with E-state index in [2.05, 4.69) is 20.2 Å². The first-order valence-electron chi connectivity index (χ1n) is 8.66. The third-order valence-electron chi connectivity index (χ3n) is 5.82. The number of fused-ring (bicyclic) bond motifs is 1. The van der Waals surface area contributed by atoms with Crippen LogP contribution in [0.25, 0.3) is 11.0 Å². The molecule has 1 atom stereocenters. The van der Waals surface area contributed by atoms with Crippen molar-refractivity contribution >= 4 is 22.8 Å². The number of rotatable bonds is 2. The third-order valence-corrected chi connectivity index (χ3v) is 5.82. The lowest BCUT2D eigenvalue weighted by Gasteiger charge is -2.36. The number of urea groups is 1. The third kappa shape index (κ3) is 2.18. The van der Waals surface area contributed by atoms with Crippen LogP contribution in [0.2, 0.25) is 0 Å². The molecule has 5 rings (SSSR count). The minimum atomic E-state index is -0.186. The van der Waals surface area contributed by atoms with Gasteiger partial charge in [0, 0.05) is 32.2 Å². The van der Waals surface area contributed by atoms with Crippen molar-refractivity contribution in [3.8, 4) is 0 Å². The molecule has 7 nitrogen and oxygen atoms in total. The average molecular weight is 327 g/mol. The number of hydrogen-bond donors (Lipinski definition) is 3. The lowest BCUT2D eigenvalue weighted by atomic mass is 10.2. The lowest BCUT2D eigenvalue weighted by Crippen LogP contribution is -2.52. The molecule has 3 aliphatic rings. The molecular weight excluding hydrogens is 306 g/mol. The molecule has 2 amide bonds. The highest BCUT2D eigenvalue weighted by molar-refractivity contribution is 5.88. The van der Waals surface area contributed by atoms with Gasteiger partial charge in [-0.3, -0.25) is 0 Å². The highest BCUT2D eigenvalue weighted by atomic mass is 16.2. The summed E-state index contributed by atoms with van der Waals surface area (Å²) in [6.45, 7) is 2.96. The van der Waals surface area contributed by atoms with E-state index >= 15 is 0 Å². The van der Waals surface area contributed by atoms with Crippen molar-refractivity contribution in [2.24, 2.45) is 5.41 Å². The quantitative estimate of drug-likeness (QED) is 0.776. The number of aromatic amines is 2. The Kier molecular flexibility index (Phi) is 2.78. The number of para-hydroxylation sites is 1. The Morgan fingerprint density at radius 2 is 1.96 bits per heavy atom. The van der Waals surface area contributed by atoms with E-state index < -0.39 is 0 Å². The van der Waals surface area contributed by atoms with Gasteiger partial charge in [-0.05, 0) is 36.8 Å². The number of nitrogens with one attached hydrogen (secondary N) is 3. The normalized spacial score (nSPS) is 24.4. The van der Waals surface area contributed by atoms with E-state index in [1.807, 2.05) is 23.1 Å². The van der Waals surface area contributed by atoms with E-state index in [0.717, 1.165) is 29.8 Å². The molecule has 2 aliphatic carbocycles. The number of piperazine rings is 1. The topological polar surface area (TPSA) is 84.2 Å². The van der Waals surface area contributed by atoms with Crippen LogP contribution in [-0.4, -0.2) is 53.1 Å². The van der Waals surface area contributed by atoms with Gasteiger partial charge in [-0.15, -0.1) is 0 Å². The van der Waals surface area contributed by atoms with Crippen LogP contribution in [0, 0.1) is 5.41 Å². The van der Waals surface area contributed by atoms with Crippen molar-refractivity contribution in [3.05, 3.63) is 28.7 Å². The van der Waals surface area contributed by atoms with Crippen molar-refractivity contribution in [2.75, 3.05) is 31.1 Å². The maximum atomic E-state index is 12.4. The summed E-state index contributed by atoms with van der Waals surface area (Å²) in [5.41, 5.74) is 2.99. The molecule has 2 saturated carbocycles. The van der Waals surface area contributed by atoms with Crippen LogP contribution in [-0.2, 0) is 0 Å². The molecule has 126 valence electrons. The molecule has 2 heterocycles. The van der Waals surface area contributed by atoms with E-state index in [9.17, 15) is 9.59 Å². The van der Waals surface area contributed by atoms with E-state index in [4.69, 9.17) is 0 Å². The summed E-state index contributed by atoms with van der Waals surface area (Å²) in [4.78, 5) is 33.7. The second-order valence-electron chi connectivity index (χ2n) is 7.32. The Bertz CT molecular complexity index is 857. The SMILES string of the molecule is O=C(NC1CC12CC2)N1CCN(c2cccc3[nH]c(=O)[nH]c23)CC1. The van der Waals surface area contributed by atoms with Gasteiger partial charge in [-0.2, -0.15) is 0 Å². The standard InChI is InChI=1S/C17H21N5O2/c23-15-18-11-2-1-3-12(14(11)20-15)21-6-8-22(9-7-21)16(24)19-13-10-17(13)4-5-17/h1-3,13H,4-10H2,(H,19,24)(H2,18,20,23). The summed E-state index contributed by atoms with van der Waals surface area (Å²) in [5.74, 6) is 0. The second-order valence-corrected chi connectivity index (χ2v) is 7.32. The van der Waals surface area contributed by atoms with Crippen LogP contribution in [0.5, 0.6) is 0 Å². The molecular formula is C17H21N5O2. The molecule has 1 saturated heterocycles. The molecule has 7 heteroatoms. The van der Waals surface area contributed by atoms with Gasteiger partial charge in [-0.1, -0.05) is 6.07 Å². The number of H-pyrrole nitrogens is 2. The maximum absolute atomic E-state index is 12.4. The molecule has 24 heavy (non-hydrogen) atoms. The Balaban J connectivity index is 1.26. The first-order chi connectivity index (χ1) is 11.6. The number of benzene rings is 1. The van der Waals surface area contributed by atoms with Crippen LogP contribution in [0.1, 0.15) is 19.3 Å². The number of carbonyl (C=O) groups is 1. The van der Waals surface area contributed by atoms with Crippen molar-refractivity contribution in [2.45, 2.75) is 25.3 Å². The van der Waals surface area contributed by atoms with Gasteiger partial charge in [0.15, 0.2) is 0 Å². The predicted molar refractivity (Wildman–Crippen MR) is 91.3 cm³/mol. The van der Waals surface area contributed by atoms with Crippen LogP contribution in [0.15, 0.2) is 23.0 Å². The maximum Gasteiger partial charge on any atom is 0.323 e. The molecule has 3 N–H and O–H groups in total. The summed E-state index contributed by atoms with van der Waals surface area (Å²) in [6, 6.07) is 6.36. The zero-order valence-electron chi connectivity index (χ0n) is 13.5. The molecule has 1 aromatic carbocycles. The smallest absolute Gasteiger partial charge is 0.323 e. The largest absolute Gasteiger partial charge is 0.366 e. The van der Waals surface area contributed by atoms with Crippen molar-refractivity contribution in [1.29, 1.82) is 0 Å². The molecule has 3 fully saturated rings. The van der Waals surface area contributed by atoms with Gasteiger partial charge >= 0.3 is 11.7 Å². The van der Waals surface area contributed by atoms with Crippen molar-refractivity contribution in [3.63, 3.8) is 0 Å². The van der Waals surface area contributed by atoms with Gasteiger partial charge < -0.3 is 25.1 Å². The van der Waals surface area contributed by atoms with Crippen LogP contribution in [0.3, 0.4) is 0 Å². The Morgan fingerprint density at radius 1 is 1.17 bits per heavy atom. The summed E-state index contributed by atoms with van der Waals surface area (Å²) in [5, 5.41) is 3.18. The number of hydrogen-bond acceptors (Lipinski definition) is 3. The van der Waals surface area contributed by atoms with Crippen LogP contribution < -0.4 is 15.9 Å². The highest BCUT2D eigenvalue weighted by Crippen LogP contribution is 2.65. The first kappa shape index (κ1) is 13.9. The molecule has 1 aromatic heterocycles. The van der Waals surface area contributed by atoms with Gasteiger partial charge in [0.2, 0.25) is 0 Å². The lowest BCUT2D eigenvalue weighted by molar-refractivity contribution is 0.193. The summed E-state index contributed by atoms with van der Waals surface area (Å²) >= 11 is 0. The number of imidazole rings is 1. The summed E-state index contributed by atoms with van der Waals surface area (Å²) in [6.07, 6.45) is 3.73. The number of amides is 2. The van der Waals surface area contributed by atoms with Gasteiger partial charge in [0.1, 0.15) is 0 Å². The van der Waals surface area contributed by atoms with Gasteiger partial charge in [-0.25, -0.2) is 9.59 Å². The number of aromatic nitrogens is 2. The minimum Gasteiger partial charge on any atom is -0.366 e. The van der Waals surface area contributed by atoms with E-state index in [1.54, 1.807) is 0 Å². The molecule has 2 aromatic rings. The second kappa shape index (κ2) is 4.78. The van der Waals surface area contributed by atoms with Crippen molar-refractivity contribution < 1.29 is 4.79 Å². The molecule has 0 radical (unpaired) electrons. The van der Waals surface area contributed by atoms with E-state index in [1.165, 1.54) is 19.3 Å². The number of nitrogens with zero attached hydrogens (tertiary/aromatic N) is 2. The Morgan fingerprint density at radius 3 is 2.67 bits per heavy atom. The summed E-state index contributed by atoms with van der Waals surface area (Å²) in [7, 11) is 0.